The second kappa shape index (κ2) is 10.5. The van der Waals surface area contributed by atoms with Crippen molar-refractivity contribution in [2.45, 2.75) is 6.92 Å². The van der Waals surface area contributed by atoms with Crippen LogP contribution in [0.2, 0.25) is 5.02 Å². The van der Waals surface area contributed by atoms with Gasteiger partial charge in [0, 0.05) is 11.3 Å². The third-order valence-corrected chi connectivity index (χ3v) is 4.84. The fraction of sp³-hybridized carbons (Fsp3) is 0.167. The van der Waals surface area contributed by atoms with Crippen LogP contribution in [-0.4, -0.2) is 32.6 Å². The third kappa shape index (κ3) is 5.92. The van der Waals surface area contributed by atoms with Crippen LogP contribution in [0.3, 0.4) is 0 Å². The Balaban J connectivity index is 1.62. The molecule has 2 N–H and O–H groups in total. The molecule has 0 aromatic heterocycles. The number of carbonyl (C=O) groups is 2. The summed E-state index contributed by atoms with van der Waals surface area (Å²) in [6, 6.07) is 17.0. The Kier molecular flexibility index (Phi) is 7.57. The lowest BCUT2D eigenvalue weighted by Gasteiger charge is -2.13. The van der Waals surface area contributed by atoms with Crippen LogP contribution in [0.25, 0.3) is 0 Å². The maximum atomic E-state index is 12.6. The molecule has 0 aliphatic rings. The fourth-order valence-corrected chi connectivity index (χ4v) is 3.14. The van der Waals surface area contributed by atoms with Gasteiger partial charge in [0.1, 0.15) is 5.75 Å². The van der Waals surface area contributed by atoms with Crippen molar-refractivity contribution >= 4 is 34.8 Å². The van der Waals surface area contributed by atoms with E-state index in [-0.39, 0.29) is 18.4 Å². The molecule has 32 heavy (non-hydrogen) atoms. The van der Waals surface area contributed by atoms with Gasteiger partial charge in [-0.3, -0.25) is 9.59 Å². The predicted molar refractivity (Wildman–Crippen MR) is 124 cm³/mol. The molecule has 0 heterocycles. The lowest BCUT2D eigenvalue weighted by atomic mass is 10.1. The van der Waals surface area contributed by atoms with Crippen LogP contribution in [0.1, 0.15) is 15.9 Å². The van der Waals surface area contributed by atoms with Gasteiger partial charge in [0.05, 0.1) is 24.9 Å². The summed E-state index contributed by atoms with van der Waals surface area (Å²) >= 11 is 6.19. The molecule has 0 bridgehead atoms. The molecule has 0 saturated heterocycles. The summed E-state index contributed by atoms with van der Waals surface area (Å²) in [6.07, 6.45) is 0. The molecule has 0 saturated carbocycles. The van der Waals surface area contributed by atoms with E-state index in [0.717, 1.165) is 5.56 Å². The Morgan fingerprint density at radius 1 is 0.875 bits per heavy atom. The molecule has 0 unspecified atom stereocenters. The summed E-state index contributed by atoms with van der Waals surface area (Å²) in [5.74, 6) is 0.663. The second-order valence-corrected chi connectivity index (χ2v) is 7.28. The number of benzene rings is 3. The summed E-state index contributed by atoms with van der Waals surface area (Å²) < 4.78 is 16.0. The maximum absolute atomic E-state index is 12.6. The molecule has 0 fully saturated rings. The molecule has 3 rings (SSSR count). The number of carbonyl (C=O) groups excluding carboxylic acids is 2. The highest BCUT2D eigenvalue weighted by Crippen LogP contribution is 2.29. The van der Waals surface area contributed by atoms with Gasteiger partial charge in [-0.15, -0.1) is 0 Å². The van der Waals surface area contributed by atoms with Gasteiger partial charge in [-0.05, 0) is 67.1 Å². The van der Waals surface area contributed by atoms with Gasteiger partial charge in [0.25, 0.3) is 11.8 Å². The van der Waals surface area contributed by atoms with E-state index in [0.29, 0.717) is 39.2 Å². The Morgan fingerprint density at radius 3 is 2.28 bits per heavy atom. The number of nitrogens with one attached hydrogen (secondary N) is 2. The number of amides is 2. The van der Waals surface area contributed by atoms with Gasteiger partial charge in [0.2, 0.25) is 0 Å². The highest BCUT2D eigenvalue weighted by molar-refractivity contribution is 6.34. The number of rotatable bonds is 8. The van der Waals surface area contributed by atoms with Crippen LogP contribution >= 0.6 is 11.6 Å². The summed E-state index contributed by atoms with van der Waals surface area (Å²) in [7, 11) is 3.03. The van der Waals surface area contributed by atoms with Gasteiger partial charge in [-0.1, -0.05) is 17.7 Å². The van der Waals surface area contributed by atoms with Crippen LogP contribution in [-0.2, 0) is 4.79 Å². The van der Waals surface area contributed by atoms with Crippen molar-refractivity contribution in [3.05, 3.63) is 76.8 Å². The third-order valence-electron chi connectivity index (χ3n) is 4.53. The van der Waals surface area contributed by atoms with E-state index < -0.39 is 0 Å². The molecule has 0 aliphatic carbocycles. The Labute approximate surface area is 191 Å². The highest BCUT2D eigenvalue weighted by atomic mass is 35.5. The van der Waals surface area contributed by atoms with Crippen molar-refractivity contribution in [3.63, 3.8) is 0 Å². The Morgan fingerprint density at radius 2 is 1.62 bits per heavy atom. The van der Waals surface area contributed by atoms with E-state index in [2.05, 4.69) is 10.6 Å². The van der Waals surface area contributed by atoms with E-state index in [1.54, 1.807) is 55.6 Å². The monoisotopic (exact) mass is 454 g/mol. The predicted octanol–water partition coefficient (Wildman–Crippen LogP) is 4.94. The summed E-state index contributed by atoms with van der Waals surface area (Å²) in [6.45, 7) is 1.69. The van der Waals surface area contributed by atoms with Gasteiger partial charge in [-0.2, -0.15) is 0 Å². The Bertz CT molecular complexity index is 1120. The zero-order chi connectivity index (χ0) is 23.1. The number of hydrogen-bond donors (Lipinski definition) is 2. The minimum atomic E-state index is -0.349. The number of methoxy groups -OCH3 is 2. The zero-order valence-electron chi connectivity index (χ0n) is 17.9. The second-order valence-electron chi connectivity index (χ2n) is 6.87. The van der Waals surface area contributed by atoms with Crippen molar-refractivity contribution in [2.24, 2.45) is 0 Å². The van der Waals surface area contributed by atoms with E-state index in [1.807, 2.05) is 13.0 Å². The molecule has 0 radical (unpaired) electrons. The summed E-state index contributed by atoms with van der Waals surface area (Å²) in [5.41, 5.74) is 2.48. The standard InChI is InChI=1S/C24H23ClN2O5/c1-15-4-10-20(19(25)12-15)27-24(29)16-5-11-21(22(13-16)31-3)32-14-23(28)26-17-6-8-18(30-2)9-7-17/h4-13H,14H2,1-3H3,(H,26,28)(H,27,29). The SMILES string of the molecule is COc1ccc(NC(=O)COc2ccc(C(=O)Nc3ccc(C)cc3Cl)cc2OC)cc1. The minimum Gasteiger partial charge on any atom is -0.497 e. The number of ether oxygens (including phenoxy) is 3. The van der Waals surface area contributed by atoms with Crippen LogP contribution in [0.4, 0.5) is 11.4 Å². The number of hydrogen-bond acceptors (Lipinski definition) is 5. The van der Waals surface area contributed by atoms with E-state index in [9.17, 15) is 9.59 Å². The molecule has 0 aliphatic heterocycles. The zero-order valence-corrected chi connectivity index (χ0v) is 18.7. The molecule has 2 amide bonds. The average Bonchev–Trinajstić information content (AvgIpc) is 2.79. The minimum absolute atomic E-state index is 0.229. The molecule has 0 spiro atoms. The lowest BCUT2D eigenvalue weighted by Crippen LogP contribution is -2.20. The molecule has 3 aromatic carbocycles. The van der Waals surface area contributed by atoms with Gasteiger partial charge < -0.3 is 24.8 Å². The molecule has 3 aromatic rings. The van der Waals surface area contributed by atoms with Crippen molar-refractivity contribution in [1.29, 1.82) is 0 Å². The van der Waals surface area contributed by atoms with Crippen LogP contribution in [0.15, 0.2) is 60.7 Å². The smallest absolute Gasteiger partial charge is 0.262 e. The number of aryl methyl sites for hydroxylation is 1. The first-order valence-electron chi connectivity index (χ1n) is 9.72. The average molecular weight is 455 g/mol. The first-order valence-corrected chi connectivity index (χ1v) is 10.1. The number of halogens is 1. The quantitative estimate of drug-likeness (QED) is 0.503. The maximum Gasteiger partial charge on any atom is 0.262 e. The molecular formula is C24H23ClN2O5. The highest BCUT2D eigenvalue weighted by Gasteiger charge is 2.14. The van der Waals surface area contributed by atoms with Gasteiger partial charge in [0.15, 0.2) is 18.1 Å². The topological polar surface area (TPSA) is 85.9 Å². The first kappa shape index (κ1) is 23.0. The Hall–Kier alpha value is -3.71. The van der Waals surface area contributed by atoms with Crippen molar-refractivity contribution in [3.8, 4) is 17.2 Å². The molecule has 0 atom stereocenters. The molecular weight excluding hydrogens is 432 g/mol. The van der Waals surface area contributed by atoms with Crippen molar-refractivity contribution in [1.82, 2.24) is 0 Å². The molecule has 7 nitrogen and oxygen atoms in total. The van der Waals surface area contributed by atoms with Gasteiger partial charge >= 0.3 is 0 Å². The lowest BCUT2D eigenvalue weighted by molar-refractivity contribution is -0.118. The summed E-state index contributed by atoms with van der Waals surface area (Å²) in [4.78, 5) is 24.8. The normalized spacial score (nSPS) is 10.2. The van der Waals surface area contributed by atoms with Crippen molar-refractivity contribution < 1.29 is 23.8 Å². The summed E-state index contributed by atoms with van der Waals surface area (Å²) in [5, 5.41) is 5.95. The molecule has 8 heteroatoms. The molecule has 166 valence electrons. The van der Waals surface area contributed by atoms with E-state index in [4.69, 9.17) is 25.8 Å². The van der Waals surface area contributed by atoms with Crippen LogP contribution in [0, 0.1) is 6.92 Å². The first-order chi connectivity index (χ1) is 15.4. The van der Waals surface area contributed by atoms with E-state index in [1.165, 1.54) is 13.2 Å². The van der Waals surface area contributed by atoms with Crippen LogP contribution in [0.5, 0.6) is 17.2 Å². The largest absolute Gasteiger partial charge is 0.497 e. The van der Waals surface area contributed by atoms with Crippen LogP contribution < -0.4 is 24.8 Å². The number of anilines is 2. The van der Waals surface area contributed by atoms with Gasteiger partial charge in [-0.25, -0.2) is 0 Å². The van der Waals surface area contributed by atoms with Crippen molar-refractivity contribution in [2.75, 3.05) is 31.5 Å². The van der Waals surface area contributed by atoms with E-state index >= 15 is 0 Å². The fourth-order valence-electron chi connectivity index (χ4n) is 2.86.